The van der Waals surface area contributed by atoms with Crippen molar-refractivity contribution < 1.29 is 4.74 Å². The van der Waals surface area contributed by atoms with E-state index in [1.807, 2.05) is 30.3 Å². The number of hydrogen-bond donors (Lipinski definition) is 0. The monoisotopic (exact) mass is 393 g/mol. The number of anilines is 1. The molecule has 1 atom stereocenters. The molecule has 4 aromatic carbocycles. The van der Waals surface area contributed by atoms with E-state index in [2.05, 4.69) is 97.9 Å². The topological polar surface area (TPSA) is 12.5 Å². The Morgan fingerprint density at radius 3 is 1.90 bits per heavy atom. The van der Waals surface area contributed by atoms with Gasteiger partial charge in [-0.25, -0.2) is 0 Å². The van der Waals surface area contributed by atoms with Crippen molar-refractivity contribution in [3.63, 3.8) is 0 Å². The lowest BCUT2D eigenvalue weighted by molar-refractivity contribution is 0.482. The van der Waals surface area contributed by atoms with Gasteiger partial charge in [0.05, 0.1) is 5.69 Å². The van der Waals surface area contributed by atoms with E-state index in [9.17, 15) is 0 Å². The first-order chi connectivity index (χ1) is 14.7. The van der Waals surface area contributed by atoms with E-state index in [4.69, 9.17) is 4.74 Å². The Balaban J connectivity index is 1.80. The molecule has 4 aromatic rings. The molecule has 0 amide bonds. The molecule has 0 aliphatic carbocycles. The molecule has 0 N–H and O–H groups in total. The van der Waals surface area contributed by atoms with Crippen LogP contribution in [0.4, 0.5) is 5.69 Å². The Morgan fingerprint density at radius 2 is 1.27 bits per heavy atom. The summed E-state index contributed by atoms with van der Waals surface area (Å²) in [6.07, 6.45) is 0.931. The Bertz CT molecular complexity index is 1060. The quantitative estimate of drug-likeness (QED) is 0.338. The standard InChI is InChI=1S/C28H27NO/c1-29(2)28-25(19-12-20-27(28)30-24-17-10-5-11-18-24)26(23-15-8-4-9-16-23)21-22-13-6-3-7-14-22/h3-20,26H,21H2,1-2H3. The lowest BCUT2D eigenvalue weighted by atomic mass is 9.84. The molecule has 1 unspecified atom stereocenters. The average Bonchev–Trinajstić information content (AvgIpc) is 2.79. The van der Waals surface area contributed by atoms with Gasteiger partial charge in [-0.2, -0.15) is 0 Å². The third kappa shape index (κ3) is 4.55. The summed E-state index contributed by atoms with van der Waals surface area (Å²) in [5.74, 6) is 1.94. The van der Waals surface area contributed by atoms with Gasteiger partial charge in [-0.05, 0) is 41.3 Å². The fourth-order valence-corrected chi connectivity index (χ4v) is 3.94. The highest BCUT2D eigenvalue weighted by Crippen LogP contribution is 2.41. The Kier molecular flexibility index (Phi) is 6.14. The van der Waals surface area contributed by atoms with Crippen LogP contribution in [0.25, 0.3) is 0 Å². The highest BCUT2D eigenvalue weighted by molar-refractivity contribution is 5.66. The van der Waals surface area contributed by atoms with Gasteiger partial charge in [0.2, 0.25) is 0 Å². The Hall–Kier alpha value is -3.52. The molecule has 2 heteroatoms. The smallest absolute Gasteiger partial charge is 0.151 e. The molecule has 0 saturated heterocycles. The fraction of sp³-hybridized carbons (Fsp3) is 0.143. The minimum absolute atomic E-state index is 0.227. The molecule has 0 aromatic heterocycles. The zero-order chi connectivity index (χ0) is 20.8. The predicted octanol–water partition coefficient (Wildman–Crippen LogP) is 6.92. The van der Waals surface area contributed by atoms with E-state index in [1.165, 1.54) is 16.7 Å². The van der Waals surface area contributed by atoms with Gasteiger partial charge in [0.1, 0.15) is 5.75 Å². The van der Waals surface area contributed by atoms with Crippen LogP contribution in [0.15, 0.2) is 109 Å². The van der Waals surface area contributed by atoms with Crippen LogP contribution in [-0.2, 0) is 6.42 Å². The largest absolute Gasteiger partial charge is 0.455 e. The normalized spacial score (nSPS) is 11.7. The van der Waals surface area contributed by atoms with Crippen LogP contribution in [0.3, 0.4) is 0 Å². The highest BCUT2D eigenvalue weighted by atomic mass is 16.5. The number of ether oxygens (including phenoxy) is 1. The van der Waals surface area contributed by atoms with Gasteiger partial charge >= 0.3 is 0 Å². The molecule has 0 aliphatic rings. The van der Waals surface area contributed by atoms with Crippen molar-refractivity contribution in [3.05, 3.63) is 126 Å². The number of nitrogens with zero attached hydrogens (tertiary/aromatic N) is 1. The van der Waals surface area contributed by atoms with Gasteiger partial charge in [-0.1, -0.05) is 91.0 Å². The third-order valence-corrected chi connectivity index (χ3v) is 5.31. The predicted molar refractivity (Wildman–Crippen MR) is 126 cm³/mol. The molecule has 2 nitrogen and oxygen atoms in total. The number of hydrogen-bond acceptors (Lipinski definition) is 2. The first-order valence-electron chi connectivity index (χ1n) is 10.3. The first kappa shape index (κ1) is 19.8. The van der Waals surface area contributed by atoms with Crippen molar-refractivity contribution in [1.29, 1.82) is 0 Å². The minimum atomic E-state index is 0.227. The van der Waals surface area contributed by atoms with E-state index < -0.39 is 0 Å². The minimum Gasteiger partial charge on any atom is -0.455 e. The summed E-state index contributed by atoms with van der Waals surface area (Å²) in [4.78, 5) is 2.16. The molecular weight excluding hydrogens is 366 g/mol. The number of benzene rings is 4. The molecule has 4 rings (SSSR count). The highest BCUT2D eigenvalue weighted by Gasteiger charge is 2.22. The molecule has 0 heterocycles. The van der Waals surface area contributed by atoms with E-state index >= 15 is 0 Å². The lowest BCUT2D eigenvalue weighted by Gasteiger charge is -2.27. The van der Waals surface area contributed by atoms with Gasteiger partial charge in [-0.3, -0.25) is 0 Å². The van der Waals surface area contributed by atoms with Crippen molar-refractivity contribution in [1.82, 2.24) is 0 Å². The zero-order valence-electron chi connectivity index (χ0n) is 17.5. The summed E-state index contributed by atoms with van der Waals surface area (Å²) in [5.41, 5.74) is 5.02. The van der Waals surface area contributed by atoms with Crippen LogP contribution in [0.1, 0.15) is 22.6 Å². The van der Waals surface area contributed by atoms with Gasteiger partial charge in [0, 0.05) is 20.0 Å². The fourth-order valence-electron chi connectivity index (χ4n) is 3.94. The number of rotatable bonds is 7. The van der Waals surface area contributed by atoms with Crippen molar-refractivity contribution in [2.75, 3.05) is 19.0 Å². The maximum Gasteiger partial charge on any atom is 0.151 e. The molecular formula is C28H27NO. The van der Waals surface area contributed by atoms with Crippen LogP contribution in [0.2, 0.25) is 0 Å². The second-order valence-corrected chi connectivity index (χ2v) is 7.66. The molecule has 0 radical (unpaired) electrons. The summed E-state index contributed by atoms with van der Waals surface area (Å²) in [7, 11) is 4.17. The second-order valence-electron chi connectivity index (χ2n) is 7.66. The molecule has 150 valence electrons. The van der Waals surface area contributed by atoms with E-state index in [0.717, 1.165) is 23.6 Å². The molecule has 0 spiro atoms. The van der Waals surface area contributed by atoms with Crippen LogP contribution >= 0.6 is 0 Å². The van der Waals surface area contributed by atoms with Crippen molar-refractivity contribution in [3.8, 4) is 11.5 Å². The van der Waals surface area contributed by atoms with Crippen LogP contribution < -0.4 is 9.64 Å². The Labute approximate surface area is 179 Å². The van der Waals surface area contributed by atoms with E-state index in [-0.39, 0.29) is 5.92 Å². The summed E-state index contributed by atoms with van der Waals surface area (Å²) in [6, 6.07) is 37.8. The number of para-hydroxylation sites is 2. The average molecular weight is 394 g/mol. The first-order valence-corrected chi connectivity index (χ1v) is 10.3. The van der Waals surface area contributed by atoms with Gasteiger partial charge in [0.25, 0.3) is 0 Å². The van der Waals surface area contributed by atoms with Gasteiger partial charge < -0.3 is 9.64 Å². The summed E-state index contributed by atoms with van der Waals surface area (Å²) in [5, 5.41) is 0. The van der Waals surface area contributed by atoms with E-state index in [1.54, 1.807) is 0 Å². The SMILES string of the molecule is CN(C)c1c(Oc2ccccc2)cccc1C(Cc1ccccc1)c1ccccc1. The molecule has 0 saturated carbocycles. The lowest BCUT2D eigenvalue weighted by Crippen LogP contribution is -2.16. The maximum absolute atomic E-state index is 6.31. The summed E-state index contributed by atoms with van der Waals surface area (Å²) >= 11 is 0. The molecule has 0 fully saturated rings. The van der Waals surface area contributed by atoms with Gasteiger partial charge in [-0.15, -0.1) is 0 Å². The maximum atomic E-state index is 6.31. The van der Waals surface area contributed by atoms with Crippen molar-refractivity contribution in [2.45, 2.75) is 12.3 Å². The van der Waals surface area contributed by atoms with Crippen LogP contribution in [-0.4, -0.2) is 14.1 Å². The van der Waals surface area contributed by atoms with Crippen LogP contribution in [0, 0.1) is 0 Å². The van der Waals surface area contributed by atoms with Crippen molar-refractivity contribution in [2.24, 2.45) is 0 Å². The Morgan fingerprint density at radius 1 is 0.667 bits per heavy atom. The summed E-state index contributed by atoms with van der Waals surface area (Å²) < 4.78 is 6.31. The van der Waals surface area contributed by atoms with E-state index in [0.29, 0.717) is 0 Å². The summed E-state index contributed by atoms with van der Waals surface area (Å²) in [6.45, 7) is 0. The molecule has 0 aliphatic heterocycles. The van der Waals surface area contributed by atoms with Gasteiger partial charge in [0.15, 0.2) is 5.75 Å². The van der Waals surface area contributed by atoms with Crippen molar-refractivity contribution >= 4 is 5.69 Å². The second kappa shape index (κ2) is 9.32. The zero-order valence-corrected chi connectivity index (χ0v) is 17.5. The molecule has 30 heavy (non-hydrogen) atoms. The molecule has 0 bridgehead atoms. The van der Waals surface area contributed by atoms with Crippen LogP contribution in [0.5, 0.6) is 11.5 Å². The third-order valence-electron chi connectivity index (χ3n) is 5.31.